The van der Waals surface area contributed by atoms with Crippen LogP contribution in [0.5, 0.6) is 0 Å². The molecule has 3 unspecified atom stereocenters. The maximum absolute atomic E-state index is 12.5. The van der Waals surface area contributed by atoms with Gasteiger partial charge >= 0.3 is 59.1 Å². The van der Waals surface area contributed by atoms with Crippen molar-refractivity contribution in [1.82, 2.24) is 34.5 Å². The van der Waals surface area contributed by atoms with Gasteiger partial charge in [0.2, 0.25) is 5.95 Å². The Bertz CT molecular complexity index is 1780. The Labute approximate surface area is 331 Å². The number of nitrogens with zero attached hydrogens (tertiary/aromatic N) is 6. The van der Waals surface area contributed by atoms with Crippen molar-refractivity contribution in [3.63, 3.8) is 0 Å². The Balaban J connectivity index is 0.00000351. The minimum absolute atomic E-state index is 0. The molecule has 24 nitrogen and oxygen atoms in total. The number of H-pyrrole nitrogens is 1. The van der Waals surface area contributed by atoms with Crippen molar-refractivity contribution in [2.45, 2.75) is 88.2 Å². The molecule has 0 bridgehead atoms. The van der Waals surface area contributed by atoms with Gasteiger partial charge in [-0.3, -0.25) is 28.0 Å². The number of phosphoric acid groups is 2. The van der Waals surface area contributed by atoms with E-state index in [1.165, 1.54) is 6.20 Å². The van der Waals surface area contributed by atoms with Crippen LogP contribution in [0.1, 0.15) is 38.3 Å². The molecular formula is C23H34N8Na2O16P2. The van der Waals surface area contributed by atoms with Crippen molar-refractivity contribution in [2.24, 2.45) is 5.92 Å². The standard InChI is InChI=1S/C23H36N8O16P2.2Na/c1-8(2)3-10(32)9-4-30(29-28-9)5-11-14(33)16(35)18(37)22(45-11)46-49(41,42)47-48(39,40)43-6-12-15(34)17(36)21(44-12)31-7-25-13-19(31)26-23(24)27-20(13)38;;/h4,7-8,10-12,14-18,21-22,32-37H,3,5-6H2,1-2H3,(H,39,40)(H,41,42)(H3,24,26,27,38);;/q;2*+1/p-2/t10?,11-,12+,14+,15+,16+,17+,18-,21+,22+;;/m0../s1. The molecule has 2 aliphatic rings. The Morgan fingerprint density at radius 3 is 2.35 bits per heavy atom. The number of hydrogen-bond acceptors (Lipinski definition) is 21. The Hall–Kier alpha value is -0.770. The van der Waals surface area contributed by atoms with Gasteiger partial charge in [0.15, 0.2) is 23.7 Å². The summed E-state index contributed by atoms with van der Waals surface area (Å²) >= 11 is 0. The van der Waals surface area contributed by atoms with Gasteiger partial charge in [-0.25, -0.2) is 14.0 Å². The number of aliphatic hydroxyl groups excluding tert-OH is 6. The number of anilines is 1. The Morgan fingerprint density at radius 2 is 1.69 bits per heavy atom. The predicted molar refractivity (Wildman–Crippen MR) is 153 cm³/mol. The molecule has 5 heterocycles. The van der Waals surface area contributed by atoms with E-state index in [0.717, 1.165) is 15.6 Å². The summed E-state index contributed by atoms with van der Waals surface area (Å²) in [6.07, 6.45) is -14.7. The van der Waals surface area contributed by atoms with Gasteiger partial charge in [0.1, 0.15) is 48.4 Å². The second kappa shape index (κ2) is 17.8. The summed E-state index contributed by atoms with van der Waals surface area (Å²) in [4.78, 5) is 47.0. The number of aromatic amines is 1. The van der Waals surface area contributed by atoms with Crippen LogP contribution in [0.25, 0.3) is 11.2 Å². The Morgan fingerprint density at radius 1 is 1.02 bits per heavy atom. The van der Waals surface area contributed by atoms with Crippen LogP contribution in [0, 0.1) is 5.92 Å². The minimum Gasteiger partial charge on any atom is -0.756 e. The summed E-state index contributed by atoms with van der Waals surface area (Å²) in [6.45, 7) is 2.28. The van der Waals surface area contributed by atoms with Gasteiger partial charge in [0.05, 0.1) is 31.8 Å². The number of nitrogens with two attached hydrogens (primary N) is 1. The number of imidazole rings is 1. The average molecular weight is 786 g/mol. The fraction of sp³-hybridized carbons (Fsp3) is 0.696. The first-order chi connectivity index (χ1) is 22.9. The SMILES string of the molecule is CC(C)CC(O)c1cn(C[C@@H]2O[C@H](OP(=O)([O-])OP(=O)([O-])OC[C@H]3O[C@@H](n4cnc5c(=O)[nH]c(N)nc54)[C@H](O)[C@@H]3O)[C@@H](O)[C@H](O)[C@@H]2O)nn1.[Na+].[Na+]. The van der Waals surface area contributed by atoms with E-state index in [-0.39, 0.29) is 94.4 Å². The molecule has 9 N–H and O–H groups in total. The van der Waals surface area contributed by atoms with Crippen molar-refractivity contribution in [3.05, 3.63) is 28.6 Å². The number of phosphoric ester groups is 2. The maximum atomic E-state index is 12.5. The van der Waals surface area contributed by atoms with Gasteiger partial charge in [0, 0.05) is 0 Å². The molecule has 0 radical (unpaired) electrons. The van der Waals surface area contributed by atoms with E-state index in [4.69, 9.17) is 15.2 Å². The van der Waals surface area contributed by atoms with Gasteiger partial charge < -0.3 is 60.2 Å². The first-order valence-corrected chi connectivity index (χ1v) is 17.5. The topological polar surface area (TPSA) is 368 Å². The zero-order chi connectivity index (χ0) is 36.0. The molecule has 51 heavy (non-hydrogen) atoms. The number of fused-ring (bicyclic) bond motifs is 1. The zero-order valence-corrected chi connectivity index (χ0v) is 33.3. The van der Waals surface area contributed by atoms with E-state index in [1.54, 1.807) is 0 Å². The van der Waals surface area contributed by atoms with E-state index in [1.807, 2.05) is 13.8 Å². The second-order valence-electron chi connectivity index (χ2n) is 11.7. The molecule has 2 aliphatic heterocycles. The zero-order valence-electron chi connectivity index (χ0n) is 27.5. The summed E-state index contributed by atoms with van der Waals surface area (Å²) in [6, 6.07) is 0. The second-order valence-corrected chi connectivity index (χ2v) is 14.6. The quantitative estimate of drug-likeness (QED) is 0.0589. The van der Waals surface area contributed by atoms with Gasteiger partial charge in [-0.2, -0.15) is 4.98 Å². The number of rotatable bonds is 13. The van der Waals surface area contributed by atoms with Crippen molar-refractivity contribution in [2.75, 3.05) is 12.3 Å². The van der Waals surface area contributed by atoms with Crippen LogP contribution < -0.4 is 80.2 Å². The fourth-order valence-corrected chi connectivity index (χ4v) is 7.23. The monoisotopic (exact) mass is 786 g/mol. The average Bonchev–Trinajstić information content (AvgIpc) is 3.71. The first-order valence-electron chi connectivity index (χ1n) is 14.5. The predicted octanol–water partition coefficient (Wildman–Crippen LogP) is -10.5. The molecule has 28 heteroatoms. The minimum atomic E-state index is -5.99. The van der Waals surface area contributed by atoms with E-state index >= 15 is 0 Å². The van der Waals surface area contributed by atoms with Gasteiger partial charge in [-0.15, -0.1) is 5.10 Å². The van der Waals surface area contributed by atoms with E-state index in [2.05, 4.69) is 38.6 Å². The molecule has 12 atom stereocenters. The van der Waals surface area contributed by atoms with Crippen molar-refractivity contribution in [1.29, 1.82) is 0 Å². The summed E-state index contributed by atoms with van der Waals surface area (Å²) in [5.41, 5.74) is 4.70. The molecule has 5 rings (SSSR count). The van der Waals surface area contributed by atoms with Crippen LogP contribution in [0.3, 0.4) is 0 Å². The molecule has 0 saturated carbocycles. The van der Waals surface area contributed by atoms with Crippen LogP contribution >= 0.6 is 15.6 Å². The smallest absolute Gasteiger partial charge is 0.756 e. The normalized spacial score (nSPS) is 31.1. The summed E-state index contributed by atoms with van der Waals surface area (Å²) in [5, 5.41) is 69.8. The number of nitrogens with one attached hydrogen (secondary N) is 1. The molecular weight excluding hydrogens is 752 g/mol. The summed E-state index contributed by atoms with van der Waals surface area (Å²) < 4.78 is 51.1. The number of ether oxygens (including phenoxy) is 2. The molecule has 0 spiro atoms. The maximum Gasteiger partial charge on any atom is 1.00 e. The molecule has 0 aromatic carbocycles. The van der Waals surface area contributed by atoms with Crippen molar-refractivity contribution >= 4 is 32.8 Å². The van der Waals surface area contributed by atoms with E-state index < -0.39 is 89.2 Å². The van der Waals surface area contributed by atoms with Crippen molar-refractivity contribution in [3.8, 4) is 0 Å². The number of hydrogen-bond donors (Lipinski definition) is 8. The van der Waals surface area contributed by atoms with Gasteiger partial charge in [-0.05, 0) is 12.3 Å². The first kappa shape index (κ1) is 44.6. The number of aromatic nitrogens is 7. The van der Waals surface area contributed by atoms with Crippen LogP contribution in [0.15, 0.2) is 17.3 Å². The van der Waals surface area contributed by atoms with E-state index in [0.29, 0.717) is 6.42 Å². The molecule has 0 amide bonds. The van der Waals surface area contributed by atoms with Gasteiger partial charge in [0.25, 0.3) is 21.2 Å². The molecule has 0 aliphatic carbocycles. The largest absolute Gasteiger partial charge is 1.00 e. The van der Waals surface area contributed by atoms with Crippen LogP contribution in [-0.4, -0.2) is 121 Å². The fourth-order valence-electron chi connectivity index (χ4n) is 5.14. The third kappa shape index (κ3) is 10.5. The molecule has 3 aromatic rings. The third-order valence-corrected chi connectivity index (χ3v) is 10.1. The number of nitrogen functional groups attached to an aromatic ring is 1. The third-order valence-electron chi connectivity index (χ3n) is 7.52. The van der Waals surface area contributed by atoms with Crippen LogP contribution in [0.4, 0.5) is 5.95 Å². The molecule has 2 saturated heterocycles. The molecule has 3 aromatic heterocycles. The molecule has 274 valence electrons. The summed E-state index contributed by atoms with van der Waals surface area (Å²) in [5.74, 6) is -0.169. The Kier molecular flexibility index (Phi) is 15.6. The summed E-state index contributed by atoms with van der Waals surface area (Å²) in [7, 11) is -11.8. The van der Waals surface area contributed by atoms with Crippen LogP contribution in [0.2, 0.25) is 0 Å². The van der Waals surface area contributed by atoms with E-state index in [9.17, 15) is 54.4 Å². The molecule has 2 fully saturated rings. The van der Waals surface area contributed by atoms with Crippen LogP contribution in [-0.2, 0) is 38.5 Å². The van der Waals surface area contributed by atoms with Crippen molar-refractivity contribution < 1.29 is 132 Å². The number of aliphatic hydroxyl groups is 6. The van der Waals surface area contributed by atoms with Gasteiger partial charge in [-0.1, -0.05) is 19.1 Å².